The maximum absolute atomic E-state index is 14.0. The Kier molecular flexibility index (Phi) is 6.57. The van der Waals surface area contributed by atoms with Gasteiger partial charge in [-0.3, -0.25) is 9.59 Å². The summed E-state index contributed by atoms with van der Waals surface area (Å²) in [7, 11) is 6.68. The van der Waals surface area contributed by atoms with Crippen molar-refractivity contribution >= 4 is 28.5 Å². The molecular formula is C27H32N4O5. The van der Waals surface area contributed by atoms with E-state index < -0.39 is 0 Å². The molecule has 0 atom stereocenters. The summed E-state index contributed by atoms with van der Waals surface area (Å²) >= 11 is 0. The van der Waals surface area contributed by atoms with Crippen LogP contribution in [0.1, 0.15) is 52.5 Å². The number of aryl methyl sites for hydroxylation is 1. The second-order valence-corrected chi connectivity index (χ2v) is 9.48. The summed E-state index contributed by atoms with van der Waals surface area (Å²) in [6.45, 7) is 0.977. The van der Waals surface area contributed by atoms with Gasteiger partial charge in [0.25, 0.3) is 5.91 Å². The maximum Gasteiger partial charge on any atom is 0.256 e. The molecule has 0 radical (unpaired) electrons. The van der Waals surface area contributed by atoms with Crippen LogP contribution in [0.2, 0.25) is 0 Å². The molecule has 1 fully saturated rings. The van der Waals surface area contributed by atoms with Gasteiger partial charge in [-0.1, -0.05) is 6.42 Å². The Labute approximate surface area is 210 Å². The number of amides is 2. The van der Waals surface area contributed by atoms with Crippen LogP contribution in [0.4, 0.5) is 5.69 Å². The molecule has 2 aromatic carbocycles. The Hall–Kier alpha value is -3.59. The fraction of sp³-hybridized carbons (Fsp3) is 0.444. The number of rotatable bonds is 7. The van der Waals surface area contributed by atoms with E-state index in [1.54, 1.807) is 20.3 Å². The molecule has 3 aromatic rings. The molecule has 0 bridgehead atoms. The molecule has 1 aliphatic carbocycles. The van der Waals surface area contributed by atoms with Crippen molar-refractivity contribution in [3.63, 3.8) is 0 Å². The molecule has 1 aromatic heterocycles. The minimum absolute atomic E-state index is 0.0644. The van der Waals surface area contributed by atoms with Crippen LogP contribution < -0.4 is 14.8 Å². The lowest BCUT2D eigenvalue weighted by molar-refractivity contribution is -0.119. The highest BCUT2D eigenvalue weighted by Crippen LogP contribution is 2.38. The van der Waals surface area contributed by atoms with Crippen LogP contribution in [0.15, 0.2) is 24.3 Å². The number of aromatic nitrogens is 2. The van der Waals surface area contributed by atoms with Gasteiger partial charge < -0.3 is 29.0 Å². The molecular weight excluding hydrogens is 460 g/mol. The van der Waals surface area contributed by atoms with Crippen molar-refractivity contribution in [3.05, 3.63) is 46.8 Å². The molecule has 0 spiro atoms. The molecule has 1 aliphatic heterocycles. The van der Waals surface area contributed by atoms with Gasteiger partial charge in [-0.2, -0.15) is 0 Å². The summed E-state index contributed by atoms with van der Waals surface area (Å²) in [5, 5.41) is 2.85. The monoisotopic (exact) mass is 492 g/mol. The molecule has 2 heterocycles. The third-order valence-electron chi connectivity index (χ3n) is 7.27. The molecule has 1 saturated carbocycles. The van der Waals surface area contributed by atoms with Crippen molar-refractivity contribution in [2.75, 3.05) is 39.8 Å². The first kappa shape index (κ1) is 24.1. The lowest BCUT2D eigenvalue weighted by Crippen LogP contribution is -2.36. The third-order valence-corrected chi connectivity index (χ3v) is 7.27. The number of imidazole rings is 1. The summed E-state index contributed by atoms with van der Waals surface area (Å²) in [5.74, 6) is 2.36. The quantitative estimate of drug-likeness (QED) is 0.541. The number of ether oxygens (including phenoxy) is 3. The number of anilines is 1. The predicted molar refractivity (Wildman–Crippen MR) is 136 cm³/mol. The first-order chi connectivity index (χ1) is 17.4. The highest BCUT2D eigenvalue weighted by Gasteiger charge is 2.30. The molecule has 0 saturated heterocycles. The fourth-order valence-corrected chi connectivity index (χ4v) is 5.19. The Balaban J connectivity index is 1.53. The van der Waals surface area contributed by atoms with Crippen LogP contribution in [0.3, 0.4) is 0 Å². The normalized spacial score (nSPS) is 15.4. The predicted octanol–water partition coefficient (Wildman–Crippen LogP) is 3.64. The Morgan fingerprint density at radius 2 is 1.78 bits per heavy atom. The first-order valence-corrected chi connectivity index (χ1v) is 12.3. The molecule has 2 aliphatic rings. The molecule has 1 N–H and O–H groups in total. The lowest BCUT2D eigenvalue weighted by atomic mass is 9.85. The van der Waals surface area contributed by atoms with E-state index in [-0.39, 0.29) is 18.4 Å². The molecule has 9 nitrogen and oxygen atoms in total. The van der Waals surface area contributed by atoms with Gasteiger partial charge in [-0.25, -0.2) is 4.98 Å². The van der Waals surface area contributed by atoms with E-state index in [4.69, 9.17) is 19.2 Å². The van der Waals surface area contributed by atoms with Gasteiger partial charge in [-0.05, 0) is 54.7 Å². The number of hydrogen-bond donors (Lipinski definition) is 1. The van der Waals surface area contributed by atoms with Gasteiger partial charge in [0.2, 0.25) is 5.91 Å². The van der Waals surface area contributed by atoms with Crippen molar-refractivity contribution in [2.45, 2.75) is 38.1 Å². The second-order valence-electron chi connectivity index (χ2n) is 9.48. The first-order valence-electron chi connectivity index (χ1n) is 12.3. The van der Waals surface area contributed by atoms with Crippen LogP contribution in [0, 0.1) is 0 Å². The molecule has 0 unspecified atom stereocenters. The van der Waals surface area contributed by atoms with Gasteiger partial charge in [0.05, 0.1) is 30.8 Å². The van der Waals surface area contributed by atoms with Gasteiger partial charge in [0.1, 0.15) is 12.4 Å². The molecule has 2 amide bonds. The number of hydrogen-bond acceptors (Lipinski definition) is 6. The van der Waals surface area contributed by atoms with E-state index in [1.807, 2.05) is 30.1 Å². The molecule has 5 rings (SSSR count). The number of methoxy groups -OCH3 is 3. The molecule has 190 valence electrons. The minimum atomic E-state index is -0.279. The fourth-order valence-electron chi connectivity index (χ4n) is 5.19. The summed E-state index contributed by atoms with van der Waals surface area (Å²) in [4.78, 5) is 32.9. The number of benzene rings is 2. The summed E-state index contributed by atoms with van der Waals surface area (Å²) in [6, 6.07) is 7.54. The van der Waals surface area contributed by atoms with Crippen LogP contribution >= 0.6 is 0 Å². The SMILES string of the molecule is COCC(=O)Nc1cc(C(=O)N2CCc3cc(OC)c(OC)cc3C2)c2c(c1)nc(C1CCC1)n2C. The third kappa shape index (κ3) is 4.28. The highest BCUT2D eigenvalue weighted by molar-refractivity contribution is 6.08. The van der Waals surface area contributed by atoms with Crippen molar-refractivity contribution in [1.29, 1.82) is 0 Å². The van der Waals surface area contributed by atoms with E-state index >= 15 is 0 Å². The standard InChI is InChI=1S/C27H32N4O5/c1-30-25-20(27(33)31-9-8-17-10-22(35-3)23(36-4)11-18(17)14-31)12-19(28-24(32)15-34-2)13-21(25)29-26(30)16-6-5-7-16/h10-13,16H,5-9,14-15H2,1-4H3,(H,28,32). The zero-order valence-corrected chi connectivity index (χ0v) is 21.2. The second kappa shape index (κ2) is 9.81. The van der Waals surface area contributed by atoms with Gasteiger partial charge >= 0.3 is 0 Å². The van der Waals surface area contributed by atoms with E-state index in [9.17, 15) is 9.59 Å². The van der Waals surface area contributed by atoms with Crippen molar-refractivity contribution in [1.82, 2.24) is 14.5 Å². The lowest BCUT2D eigenvalue weighted by Gasteiger charge is -2.30. The Morgan fingerprint density at radius 1 is 1.06 bits per heavy atom. The van der Waals surface area contributed by atoms with Gasteiger partial charge in [0.15, 0.2) is 11.5 Å². The average Bonchev–Trinajstić information content (AvgIpc) is 3.16. The van der Waals surface area contributed by atoms with Gasteiger partial charge in [0, 0.05) is 38.9 Å². The number of nitrogens with zero attached hydrogens (tertiary/aromatic N) is 3. The van der Waals surface area contributed by atoms with Crippen molar-refractivity contribution in [2.24, 2.45) is 7.05 Å². The van der Waals surface area contributed by atoms with Gasteiger partial charge in [-0.15, -0.1) is 0 Å². The summed E-state index contributed by atoms with van der Waals surface area (Å²) in [5.41, 5.74) is 4.76. The average molecular weight is 493 g/mol. The summed E-state index contributed by atoms with van der Waals surface area (Å²) < 4.78 is 17.9. The Morgan fingerprint density at radius 3 is 2.42 bits per heavy atom. The number of nitrogens with one attached hydrogen (secondary N) is 1. The largest absolute Gasteiger partial charge is 0.493 e. The zero-order valence-electron chi connectivity index (χ0n) is 21.2. The van der Waals surface area contributed by atoms with Crippen molar-refractivity contribution < 1.29 is 23.8 Å². The summed E-state index contributed by atoms with van der Waals surface area (Å²) in [6.07, 6.45) is 4.12. The number of carbonyl (C=O) groups is 2. The van der Waals surface area contributed by atoms with E-state index in [0.29, 0.717) is 53.7 Å². The van der Waals surface area contributed by atoms with Crippen LogP contribution in [0.5, 0.6) is 11.5 Å². The van der Waals surface area contributed by atoms with Crippen molar-refractivity contribution in [3.8, 4) is 11.5 Å². The molecule has 9 heteroatoms. The van der Waals surface area contributed by atoms with E-state index in [0.717, 1.165) is 35.3 Å². The molecule has 36 heavy (non-hydrogen) atoms. The number of fused-ring (bicyclic) bond motifs is 2. The maximum atomic E-state index is 14.0. The van der Waals surface area contributed by atoms with E-state index in [1.165, 1.54) is 13.5 Å². The van der Waals surface area contributed by atoms with Crippen LogP contribution in [-0.2, 0) is 29.5 Å². The number of carbonyl (C=O) groups excluding carboxylic acids is 2. The highest BCUT2D eigenvalue weighted by atomic mass is 16.5. The van der Waals surface area contributed by atoms with Crippen LogP contribution in [-0.4, -0.2) is 60.7 Å². The van der Waals surface area contributed by atoms with Crippen LogP contribution in [0.25, 0.3) is 11.0 Å². The minimum Gasteiger partial charge on any atom is -0.493 e. The topological polar surface area (TPSA) is 94.9 Å². The Bertz CT molecular complexity index is 1330. The zero-order chi connectivity index (χ0) is 25.4. The van der Waals surface area contributed by atoms with E-state index in [2.05, 4.69) is 9.88 Å². The smallest absolute Gasteiger partial charge is 0.256 e.